The van der Waals surface area contributed by atoms with Gasteiger partial charge in [-0.25, -0.2) is 13.2 Å². The van der Waals surface area contributed by atoms with Crippen LogP contribution in [0.25, 0.3) is 0 Å². The molecule has 94 valence electrons. The number of hydrogen-bond donors (Lipinski definition) is 1. The van der Waals surface area contributed by atoms with Crippen LogP contribution in [0.5, 0.6) is 0 Å². The van der Waals surface area contributed by atoms with Gasteiger partial charge in [-0.15, -0.1) is 0 Å². The van der Waals surface area contributed by atoms with Gasteiger partial charge in [-0.05, 0) is 18.9 Å². The summed E-state index contributed by atoms with van der Waals surface area (Å²) in [6.07, 6.45) is 1.98. The second-order valence-electron chi connectivity index (χ2n) is 4.26. The summed E-state index contributed by atoms with van der Waals surface area (Å²) in [6, 6.07) is 1.72. The van der Waals surface area contributed by atoms with Crippen molar-refractivity contribution in [2.45, 2.75) is 31.5 Å². The highest BCUT2D eigenvalue weighted by atomic mass is 19.2. The van der Waals surface area contributed by atoms with Gasteiger partial charge in [0.05, 0.1) is 6.10 Å². The van der Waals surface area contributed by atoms with Crippen LogP contribution in [-0.2, 0) is 11.3 Å². The number of hydrogen-bond acceptors (Lipinski definition) is 2. The number of benzene rings is 1. The highest BCUT2D eigenvalue weighted by molar-refractivity contribution is 5.20. The molecule has 0 spiro atoms. The molecule has 0 aliphatic heterocycles. The largest absolute Gasteiger partial charge is 0.381 e. The third-order valence-corrected chi connectivity index (χ3v) is 3.10. The van der Waals surface area contributed by atoms with Gasteiger partial charge in [0.15, 0.2) is 11.6 Å². The molecule has 2 nitrogen and oxygen atoms in total. The van der Waals surface area contributed by atoms with E-state index in [2.05, 4.69) is 5.32 Å². The van der Waals surface area contributed by atoms with E-state index in [1.807, 2.05) is 0 Å². The van der Waals surface area contributed by atoms with E-state index in [0.29, 0.717) is 6.07 Å². The van der Waals surface area contributed by atoms with Gasteiger partial charge in [0, 0.05) is 31.3 Å². The lowest BCUT2D eigenvalue weighted by Crippen LogP contribution is -2.44. The van der Waals surface area contributed by atoms with Gasteiger partial charge in [0.1, 0.15) is 5.82 Å². The zero-order valence-corrected chi connectivity index (χ0v) is 9.47. The molecule has 1 fully saturated rings. The van der Waals surface area contributed by atoms with Crippen molar-refractivity contribution in [1.82, 2.24) is 5.32 Å². The molecule has 1 aliphatic carbocycles. The van der Waals surface area contributed by atoms with Crippen molar-refractivity contribution in [2.75, 3.05) is 7.11 Å². The summed E-state index contributed by atoms with van der Waals surface area (Å²) >= 11 is 0. The Balaban J connectivity index is 1.89. The van der Waals surface area contributed by atoms with E-state index in [9.17, 15) is 13.2 Å². The van der Waals surface area contributed by atoms with Crippen LogP contribution in [-0.4, -0.2) is 19.3 Å². The van der Waals surface area contributed by atoms with E-state index in [0.717, 1.165) is 18.9 Å². The van der Waals surface area contributed by atoms with Gasteiger partial charge in [0.2, 0.25) is 0 Å². The third kappa shape index (κ3) is 2.79. The standard InChI is InChI=1S/C12H14F3NO/c1-17-9-3-8(4-9)16-6-7-2-11(14)12(15)5-10(7)13/h2,5,8-9,16H,3-4,6H2,1H3. The average Bonchev–Trinajstić information content (AvgIpc) is 2.23. The first-order valence-electron chi connectivity index (χ1n) is 5.49. The summed E-state index contributed by atoms with van der Waals surface area (Å²) in [5.41, 5.74) is 0.143. The normalized spacial score (nSPS) is 23.5. The predicted octanol–water partition coefficient (Wildman–Crippen LogP) is 2.37. The summed E-state index contributed by atoms with van der Waals surface area (Å²) in [6.45, 7) is 0.199. The van der Waals surface area contributed by atoms with Crippen molar-refractivity contribution in [3.8, 4) is 0 Å². The summed E-state index contributed by atoms with van der Waals surface area (Å²) in [7, 11) is 1.65. The lowest BCUT2D eigenvalue weighted by molar-refractivity contribution is 0.0169. The number of ether oxygens (including phenoxy) is 1. The monoisotopic (exact) mass is 245 g/mol. The van der Waals surface area contributed by atoms with Crippen molar-refractivity contribution in [2.24, 2.45) is 0 Å². The van der Waals surface area contributed by atoms with Crippen molar-refractivity contribution in [3.05, 3.63) is 35.1 Å². The molecular formula is C12H14F3NO. The van der Waals surface area contributed by atoms with Crippen molar-refractivity contribution >= 4 is 0 Å². The van der Waals surface area contributed by atoms with Crippen LogP contribution in [0.15, 0.2) is 12.1 Å². The molecule has 0 heterocycles. The Morgan fingerprint density at radius 3 is 2.47 bits per heavy atom. The molecule has 0 aromatic heterocycles. The first-order valence-corrected chi connectivity index (χ1v) is 5.49. The molecule has 0 amide bonds. The Morgan fingerprint density at radius 2 is 1.82 bits per heavy atom. The molecule has 0 radical (unpaired) electrons. The lowest BCUT2D eigenvalue weighted by atomic mass is 9.89. The van der Waals surface area contributed by atoms with E-state index in [4.69, 9.17) is 4.74 Å². The number of halogens is 3. The van der Waals surface area contributed by atoms with Crippen LogP contribution in [0.3, 0.4) is 0 Å². The minimum Gasteiger partial charge on any atom is -0.381 e. The zero-order chi connectivity index (χ0) is 12.4. The van der Waals surface area contributed by atoms with Crippen molar-refractivity contribution in [1.29, 1.82) is 0 Å². The molecule has 0 bridgehead atoms. The smallest absolute Gasteiger partial charge is 0.161 e. The SMILES string of the molecule is COC1CC(NCc2cc(F)c(F)cc2F)C1. The van der Waals surface area contributed by atoms with E-state index in [-0.39, 0.29) is 24.3 Å². The Kier molecular flexibility index (Phi) is 3.69. The van der Waals surface area contributed by atoms with E-state index >= 15 is 0 Å². The van der Waals surface area contributed by atoms with Gasteiger partial charge in [-0.1, -0.05) is 0 Å². The molecule has 17 heavy (non-hydrogen) atoms. The number of rotatable bonds is 4. The zero-order valence-electron chi connectivity index (χ0n) is 9.47. The first kappa shape index (κ1) is 12.4. The molecule has 0 saturated heterocycles. The minimum absolute atomic E-state index is 0.143. The molecule has 5 heteroatoms. The maximum Gasteiger partial charge on any atom is 0.161 e. The second-order valence-corrected chi connectivity index (χ2v) is 4.26. The second kappa shape index (κ2) is 5.06. The molecule has 1 saturated carbocycles. The lowest BCUT2D eigenvalue weighted by Gasteiger charge is -2.34. The van der Waals surface area contributed by atoms with Gasteiger partial charge in [-0.3, -0.25) is 0 Å². The minimum atomic E-state index is -1.16. The van der Waals surface area contributed by atoms with E-state index in [1.165, 1.54) is 0 Å². The molecular weight excluding hydrogens is 231 g/mol. The fraction of sp³-hybridized carbons (Fsp3) is 0.500. The van der Waals surface area contributed by atoms with Gasteiger partial charge < -0.3 is 10.1 Å². The Morgan fingerprint density at radius 1 is 1.18 bits per heavy atom. The Hall–Kier alpha value is -1.07. The van der Waals surface area contributed by atoms with Crippen LogP contribution in [0.1, 0.15) is 18.4 Å². The number of nitrogens with one attached hydrogen (secondary N) is 1. The van der Waals surface area contributed by atoms with E-state index in [1.54, 1.807) is 7.11 Å². The van der Waals surface area contributed by atoms with Crippen LogP contribution in [0.4, 0.5) is 13.2 Å². The predicted molar refractivity (Wildman–Crippen MR) is 57.0 cm³/mol. The number of methoxy groups -OCH3 is 1. The summed E-state index contributed by atoms with van der Waals surface area (Å²) in [5.74, 6) is -2.90. The van der Waals surface area contributed by atoms with E-state index < -0.39 is 17.5 Å². The Labute approximate surface area is 97.8 Å². The average molecular weight is 245 g/mol. The van der Waals surface area contributed by atoms with Crippen molar-refractivity contribution < 1.29 is 17.9 Å². The summed E-state index contributed by atoms with van der Waals surface area (Å²) < 4.78 is 44.0. The Bertz CT molecular complexity index is 405. The summed E-state index contributed by atoms with van der Waals surface area (Å²) in [5, 5.41) is 3.08. The maximum absolute atomic E-state index is 13.3. The fourth-order valence-electron chi connectivity index (χ4n) is 1.88. The molecule has 2 rings (SSSR count). The van der Waals surface area contributed by atoms with Crippen LogP contribution in [0, 0.1) is 17.5 Å². The first-order chi connectivity index (χ1) is 8.10. The van der Waals surface area contributed by atoms with Gasteiger partial charge in [-0.2, -0.15) is 0 Å². The van der Waals surface area contributed by atoms with Gasteiger partial charge in [0.25, 0.3) is 0 Å². The van der Waals surface area contributed by atoms with Crippen molar-refractivity contribution in [3.63, 3.8) is 0 Å². The van der Waals surface area contributed by atoms with Crippen LogP contribution >= 0.6 is 0 Å². The quantitative estimate of drug-likeness (QED) is 0.822. The molecule has 0 atom stereocenters. The molecule has 1 aliphatic rings. The molecule has 0 unspecified atom stereocenters. The highest BCUT2D eigenvalue weighted by Gasteiger charge is 2.28. The molecule has 1 aromatic rings. The van der Waals surface area contributed by atoms with Crippen LogP contribution < -0.4 is 5.32 Å². The highest BCUT2D eigenvalue weighted by Crippen LogP contribution is 2.23. The van der Waals surface area contributed by atoms with Crippen LogP contribution in [0.2, 0.25) is 0 Å². The maximum atomic E-state index is 13.3. The third-order valence-electron chi connectivity index (χ3n) is 3.10. The molecule has 1 aromatic carbocycles. The van der Waals surface area contributed by atoms with Gasteiger partial charge >= 0.3 is 0 Å². The topological polar surface area (TPSA) is 21.3 Å². The summed E-state index contributed by atoms with van der Waals surface area (Å²) in [4.78, 5) is 0. The fourth-order valence-corrected chi connectivity index (χ4v) is 1.88. The molecule has 1 N–H and O–H groups in total.